The van der Waals surface area contributed by atoms with Crippen LogP contribution in [0, 0.1) is 5.82 Å². The molecule has 100 valence electrons. The molecule has 6 heteroatoms. The molecule has 3 rings (SSSR count). The molecular formula is C13H14FN3O2. The van der Waals surface area contributed by atoms with Gasteiger partial charge in [0.25, 0.3) is 0 Å². The van der Waals surface area contributed by atoms with Crippen molar-refractivity contribution in [3.63, 3.8) is 0 Å². The van der Waals surface area contributed by atoms with Gasteiger partial charge in [0.1, 0.15) is 11.6 Å². The lowest BCUT2D eigenvalue weighted by Crippen LogP contribution is -2.01. The van der Waals surface area contributed by atoms with Crippen molar-refractivity contribution in [3.05, 3.63) is 24.1 Å². The highest BCUT2D eigenvalue weighted by atomic mass is 19.1. The lowest BCUT2D eigenvalue weighted by atomic mass is 10.1. The molecule has 0 aliphatic carbocycles. The van der Waals surface area contributed by atoms with E-state index >= 15 is 0 Å². The summed E-state index contributed by atoms with van der Waals surface area (Å²) in [5.41, 5.74) is 6.74. The average Bonchev–Trinajstić information content (AvgIpc) is 2.63. The lowest BCUT2D eigenvalue weighted by Gasteiger charge is -2.13. The Morgan fingerprint density at radius 1 is 1.32 bits per heavy atom. The zero-order valence-corrected chi connectivity index (χ0v) is 10.5. The first-order chi connectivity index (χ1) is 9.18. The highest BCUT2D eigenvalue weighted by molar-refractivity contribution is 5.81. The van der Waals surface area contributed by atoms with E-state index in [1.807, 2.05) is 0 Å². The third-order valence-electron chi connectivity index (χ3n) is 3.12. The van der Waals surface area contributed by atoms with Crippen LogP contribution in [0.25, 0.3) is 11.1 Å². The van der Waals surface area contributed by atoms with Gasteiger partial charge in [0.2, 0.25) is 0 Å². The van der Waals surface area contributed by atoms with Gasteiger partial charge in [0, 0.05) is 13.5 Å². The smallest absolute Gasteiger partial charge is 0.172 e. The summed E-state index contributed by atoms with van der Waals surface area (Å²) >= 11 is 0. The van der Waals surface area contributed by atoms with Gasteiger partial charge in [-0.2, -0.15) is 5.10 Å². The normalized spacial score (nSPS) is 14.2. The molecular weight excluding hydrogens is 249 g/mol. The van der Waals surface area contributed by atoms with Gasteiger partial charge in [0.15, 0.2) is 11.5 Å². The first-order valence-electron chi connectivity index (χ1n) is 6.04. The number of hydrogen-bond acceptors (Lipinski definition) is 4. The van der Waals surface area contributed by atoms with E-state index in [0.29, 0.717) is 41.7 Å². The maximum Gasteiger partial charge on any atom is 0.172 e. The van der Waals surface area contributed by atoms with E-state index in [0.717, 1.165) is 6.42 Å². The third-order valence-corrected chi connectivity index (χ3v) is 3.12. The fraction of sp³-hybridized carbons (Fsp3) is 0.308. The molecule has 1 aromatic heterocycles. The second-order valence-corrected chi connectivity index (χ2v) is 4.37. The van der Waals surface area contributed by atoms with Crippen LogP contribution >= 0.6 is 0 Å². The van der Waals surface area contributed by atoms with Crippen molar-refractivity contribution in [1.82, 2.24) is 9.78 Å². The van der Waals surface area contributed by atoms with Gasteiger partial charge < -0.3 is 15.2 Å². The van der Waals surface area contributed by atoms with Crippen LogP contribution in [0.15, 0.2) is 18.3 Å². The molecule has 0 spiro atoms. The molecule has 1 aliphatic rings. The number of ether oxygens (including phenoxy) is 2. The third kappa shape index (κ3) is 1.89. The molecule has 2 heterocycles. The molecule has 2 N–H and O–H groups in total. The number of benzene rings is 1. The predicted octanol–water partition coefficient (Wildman–Crippen LogP) is 1.97. The van der Waals surface area contributed by atoms with Crippen molar-refractivity contribution in [3.8, 4) is 22.6 Å². The van der Waals surface area contributed by atoms with E-state index in [4.69, 9.17) is 15.2 Å². The number of aryl methyl sites for hydroxylation is 1. The molecule has 0 fully saturated rings. The van der Waals surface area contributed by atoms with Crippen molar-refractivity contribution < 1.29 is 13.9 Å². The minimum Gasteiger partial charge on any atom is -0.490 e. The van der Waals surface area contributed by atoms with Crippen LogP contribution in [0.5, 0.6) is 11.5 Å². The topological polar surface area (TPSA) is 62.3 Å². The average molecular weight is 263 g/mol. The second-order valence-electron chi connectivity index (χ2n) is 4.37. The van der Waals surface area contributed by atoms with Gasteiger partial charge in [-0.05, 0) is 12.1 Å². The quantitative estimate of drug-likeness (QED) is 0.854. The first kappa shape index (κ1) is 11.8. The van der Waals surface area contributed by atoms with E-state index < -0.39 is 5.82 Å². The number of nitrogens with zero attached hydrogens (tertiary/aromatic N) is 2. The van der Waals surface area contributed by atoms with Crippen LogP contribution in [0.2, 0.25) is 0 Å². The molecule has 0 saturated carbocycles. The second kappa shape index (κ2) is 4.46. The SMILES string of the molecule is Cn1ncc(-c2c(F)ccc3c2OCCCO3)c1N. The summed E-state index contributed by atoms with van der Waals surface area (Å²) in [6.45, 7) is 1.05. The number of halogens is 1. The maximum absolute atomic E-state index is 14.2. The van der Waals surface area contributed by atoms with Gasteiger partial charge in [-0.3, -0.25) is 4.68 Å². The molecule has 0 radical (unpaired) electrons. The lowest BCUT2D eigenvalue weighted by molar-refractivity contribution is 0.297. The molecule has 0 amide bonds. The van der Waals surface area contributed by atoms with Gasteiger partial charge in [-0.1, -0.05) is 0 Å². The Morgan fingerprint density at radius 2 is 2.11 bits per heavy atom. The minimum absolute atomic E-state index is 0.310. The van der Waals surface area contributed by atoms with Crippen molar-refractivity contribution in [2.45, 2.75) is 6.42 Å². The number of rotatable bonds is 1. The number of aromatic nitrogens is 2. The van der Waals surface area contributed by atoms with E-state index in [2.05, 4.69) is 5.10 Å². The van der Waals surface area contributed by atoms with Crippen LogP contribution in [-0.4, -0.2) is 23.0 Å². The minimum atomic E-state index is -0.399. The molecule has 5 nitrogen and oxygen atoms in total. The Morgan fingerprint density at radius 3 is 2.84 bits per heavy atom. The van der Waals surface area contributed by atoms with Crippen LogP contribution in [0.4, 0.5) is 10.2 Å². The molecule has 1 aromatic carbocycles. The number of fused-ring (bicyclic) bond motifs is 1. The van der Waals surface area contributed by atoms with Crippen LogP contribution < -0.4 is 15.2 Å². The Bertz CT molecular complexity index is 625. The summed E-state index contributed by atoms with van der Waals surface area (Å²) in [5.74, 6) is 0.929. The van der Waals surface area contributed by atoms with E-state index in [-0.39, 0.29) is 0 Å². The summed E-state index contributed by atoms with van der Waals surface area (Å²) in [5, 5.41) is 4.03. The fourth-order valence-electron chi connectivity index (χ4n) is 2.10. The zero-order valence-electron chi connectivity index (χ0n) is 10.5. The molecule has 1 aliphatic heterocycles. The molecule has 0 bridgehead atoms. The van der Waals surface area contributed by atoms with E-state index in [9.17, 15) is 4.39 Å². The Hall–Kier alpha value is -2.24. The van der Waals surface area contributed by atoms with Gasteiger partial charge in [0.05, 0.1) is 30.5 Å². The van der Waals surface area contributed by atoms with Gasteiger partial charge in [-0.25, -0.2) is 4.39 Å². The standard InChI is InChI=1S/C13H14FN3O2/c1-17-13(15)8(7-16-17)11-9(14)3-4-10-12(11)19-6-2-5-18-10/h3-4,7H,2,5-6,15H2,1H3. The monoisotopic (exact) mass is 263 g/mol. The highest BCUT2D eigenvalue weighted by Gasteiger charge is 2.23. The number of hydrogen-bond donors (Lipinski definition) is 1. The molecule has 19 heavy (non-hydrogen) atoms. The fourth-order valence-corrected chi connectivity index (χ4v) is 2.10. The highest BCUT2D eigenvalue weighted by Crippen LogP contribution is 2.42. The summed E-state index contributed by atoms with van der Waals surface area (Å²) < 4.78 is 26.8. The summed E-state index contributed by atoms with van der Waals surface area (Å²) in [4.78, 5) is 0. The number of anilines is 1. The molecule has 0 unspecified atom stereocenters. The van der Waals surface area contributed by atoms with Crippen molar-refractivity contribution in [2.75, 3.05) is 18.9 Å². The Balaban J connectivity index is 2.22. The van der Waals surface area contributed by atoms with Crippen molar-refractivity contribution in [1.29, 1.82) is 0 Å². The van der Waals surface area contributed by atoms with E-state index in [1.165, 1.54) is 16.9 Å². The van der Waals surface area contributed by atoms with Crippen LogP contribution in [0.1, 0.15) is 6.42 Å². The van der Waals surface area contributed by atoms with Crippen molar-refractivity contribution in [2.24, 2.45) is 7.05 Å². The summed E-state index contributed by atoms with van der Waals surface area (Å²) in [6.07, 6.45) is 2.29. The van der Waals surface area contributed by atoms with Crippen molar-refractivity contribution >= 4 is 5.82 Å². The zero-order chi connectivity index (χ0) is 13.4. The molecule has 0 saturated heterocycles. The largest absolute Gasteiger partial charge is 0.490 e. The van der Waals surface area contributed by atoms with E-state index in [1.54, 1.807) is 13.1 Å². The number of nitrogens with two attached hydrogens (primary N) is 1. The molecule has 2 aromatic rings. The van der Waals surface area contributed by atoms with Crippen LogP contribution in [0.3, 0.4) is 0 Å². The van der Waals surface area contributed by atoms with Crippen LogP contribution in [-0.2, 0) is 7.05 Å². The maximum atomic E-state index is 14.2. The Labute approximate surface area is 109 Å². The number of nitrogen functional groups attached to an aromatic ring is 1. The molecule has 0 atom stereocenters. The first-order valence-corrected chi connectivity index (χ1v) is 6.04. The predicted molar refractivity (Wildman–Crippen MR) is 68.6 cm³/mol. The van der Waals surface area contributed by atoms with Gasteiger partial charge >= 0.3 is 0 Å². The Kier molecular flexibility index (Phi) is 2.77. The van der Waals surface area contributed by atoms with Gasteiger partial charge in [-0.15, -0.1) is 0 Å². The summed E-state index contributed by atoms with van der Waals surface area (Å²) in [6, 6.07) is 2.93. The summed E-state index contributed by atoms with van der Waals surface area (Å²) in [7, 11) is 1.70.